The van der Waals surface area contributed by atoms with Gasteiger partial charge in [0.1, 0.15) is 11.9 Å². The van der Waals surface area contributed by atoms with Crippen molar-refractivity contribution in [3.8, 4) is 5.75 Å². The molecule has 0 spiro atoms. The van der Waals surface area contributed by atoms with E-state index >= 15 is 0 Å². The van der Waals surface area contributed by atoms with Crippen LogP contribution in [0.5, 0.6) is 5.75 Å². The van der Waals surface area contributed by atoms with Gasteiger partial charge in [0.25, 0.3) is 0 Å². The number of carbonyl (C=O) groups is 1. The van der Waals surface area contributed by atoms with E-state index in [1.165, 1.54) is 12.1 Å². The summed E-state index contributed by atoms with van der Waals surface area (Å²) in [6.45, 7) is 2.12. The summed E-state index contributed by atoms with van der Waals surface area (Å²) in [5.74, 6) is -0.260. The summed E-state index contributed by atoms with van der Waals surface area (Å²) in [5.41, 5.74) is 0.981. The molecule has 1 amide bonds. The average molecular weight is 435 g/mol. The second-order valence-corrected chi connectivity index (χ2v) is 8.42. The Balaban J connectivity index is 2.28. The van der Waals surface area contributed by atoms with Gasteiger partial charge in [0.05, 0.1) is 6.04 Å². The van der Waals surface area contributed by atoms with E-state index in [1.807, 2.05) is 0 Å². The van der Waals surface area contributed by atoms with Gasteiger partial charge in [-0.3, -0.25) is 9.32 Å². The molecule has 0 aromatic heterocycles. The van der Waals surface area contributed by atoms with Gasteiger partial charge in [-0.1, -0.05) is 75.1 Å². The second-order valence-electron chi connectivity index (χ2n) is 7.23. The fourth-order valence-electron chi connectivity index (χ4n) is 3.29. The number of rotatable bonds is 12. The predicted molar refractivity (Wildman–Crippen MR) is 115 cm³/mol. The highest BCUT2D eigenvalue weighted by Gasteiger charge is 2.33. The van der Waals surface area contributed by atoms with Gasteiger partial charge in [-0.25, -0.2) is 4.57 Å². The monoisotopic (exact) mass is 435 g/mol. The van der Waals surface area contributed by atoms with Crippen LogP contribution in [0.2, 0.25) is 0 Å². The van der Waals surface area contributed by atoms with Crippen molar-refractivity contribution >= 4 is 13.7 Å². The average Bonchev–Trinajstić information content (AvgIpc) is 2.70. The van der Waals surface area contributed by atoms with E-state index < -0.39 is 20.0 Å². The highest BCUT2D eigenvalue weighted by molar-refractivity contribution is 7.46. The van der Waals surface area contributed by atoms with Crippen molar-refractivity contribution in [3.05, 3.63) is 65.7 Å². The number of phenolic OH excluding ortho intramolecular Hbond substituents is 1. The fraction of sp³-hybridized carbons (Fsp3) is 0.409. The summed E-state index contributed by atoms with van der Waals surface area (Å²) in [5, 5.41) is 12.8. The molecule has 2 aromatic rings. The number of phenols is 1. The first-order valence-corrected chi connectivity index (χ1v) is 11.7. The summed E-state index contributed by atoms with van der Waals surface area (Å²) in [6.07, 6.45) is 4.14. The van der Waals surface area contributed by atoms with Crippen molar-refractivity contribution in [3.63, 3.8) is 0 Å². The SMILES string of the molecule is CCCCCCCC(=O)N[C@H](c1cccc(O)c1)[C@H](OP(=O)(O)O)c1ccccc1. The van der Waals surface area contributed by atoms with E-state index in [4.69, 9.17) is 4.52 Å². The van der Waals surface area contributed by atoms with Gasteiger partial charge in [-0.15, -0.1) is 0 Å². The van der Waals surface area contributed by atoms with Gasteiger partial charge in [-0.2, -0.15) is 0 Å². The van der Waals surface area contributed by atoms with Crippen LogP contribution in [0.3, 0.4) is 0 Å². The zero-order chi connectivity index (χ0) is 22.0. The lowest BCUT2D eigenvalue weighted by atomic mass is 9.95. The highest BCUT2D eigenvalue weighted by atomic mass is 31.2. The number of carbonyl (C=O) groups excluding carboxylic acids is 1. The summed E-state index contributed by atoms with van der Waals surface area (Å²) in [4.78, 5) is 31.6. The van der Waals surface area contributed by atoms with Gasteiger partial charge >= 0.3 is 7.82 Å². The lowest BCUT2D eigenvalue weighted by Gasteiger charge is -2.29. The number of nitrogens with one attached hydrogen (secondary N) is 1. The van der Waals surface area contributed by atoms with Gasteiger partial charge in [-0.05, 0) is 29.7 Å². The minimum atomic E-state index is -4.86. The second kappa shape index (κ2) is 11.9. The lowest BCUT2D eigenvalue weighted by Crippen LogP contribution is -2.33. The summed E-state index contributed by atoms with van der Waals surface area (Å²) < 4.78 is 16.8. The molecule has 0 saturated heterocycles. The topological polar surface area (TPSA) is 116 Å². The molecule has 0 aliphatic rings. The molecule has 2 atom stereocenters. The maximum Gasteiger partial charge on any atom is 0.470 e. The van der Waals surface area contributed by atoms with Crippen LogP contribution < -0.4 is 5.32 Å². The maximum absolute atomic E-state index is 12.6. The molecule has 0 heterocycles. The van der Waals surface area contributed by atoms with Crippen molar-refractivity contribution in [2.24, 2.45) is 0 Å². The standard InChI is InChI=1S/C22H30NO6P/c1-2-3-4-5-9-15-20(25)23-21(18-13-10-14-19(24)16-18)22(29-30(26,27)28)17-11-7-6-8-12-17/h6-8,10-14,16,21-22,24H,2-5,9,15H2,1H3,(H,23,25)(H2,26,27,28)/t21-,22-/m1/s1. The molecule has 0 aliphatic heterocycles. The molecule has 0 saturated carbocycles. The van der Waals surface area contributed by atoms with E-state index in [2.05, 4.69) is 12.2 Å². The van der Waals surface area contributed by atoms with Crippen molar-refractivity contribution in [1.82, 2.24) is 5.32 Å². The summed E-state index contributed by atoms with van der Waals surface area (Å²) >= 11 is 0. The molecule has 0 aliphatic carbocycles. The number of hydrogen-bond acceptors (Lipinski definition) is 4. The molecule has 30 heavy (non-hydrogen) atoms. The Morgan fingerprint density at radius 1 is 1.00 bits per heavy atom. The minimum absolute atomic E-state index is 0.0192. The molecule has 164 valence electrons. The number of phosphoric ester groups is 1. The molecule has 7 nitrogen and oxygen atoms in total. The quantitative estimate of drug-likeness (QED) is 0.282. The van der Waals surface area contributed by atoms with Crippen LogP contribution in [0.25, 0.3) is 0 Å². The third-order valence-corrected chi connectivity index (χ3v) is 5.24. The Bertz CT molecular complexity index is 839. The van der Waals surface area contributed by atoms with Crippen molar-refractivity contribution in [2.75, 3.05) is 0 Å². The van der Waals surface area contributed by atoms with E-state index in [9.17, 15) is 24.3 Å². The largest absolute Gasteiger partial charge is 0.508 e. The molecule has 0 unspecified atom stereocenters. The van der Waals surface area contributed by atoms with Gasteiger partial charge in [0.15, 0.2) is 0 Å². The van der Waals surface area contributed by atoms with Crippen LogP contribution in [0.1, 0.15) is 68.7 Å². The van der Waals surface area contributed by atoms with Crippen LogP contribution in [0.4, 0.5) is 0 Å². The van der Waals surface area contributed by atoms with E-state index in [-0.39, 0.29) is 11.7 Å². The van der Waals surface area contributed by atoms with Crippen LogP contribution >= 0.6 is 7.82 Å². The van der Waals surface area contributed by atoms with Gasteiger partial charge in [0.2, 0.25) is 5.91 Å². The normalized spacial score (nSPS) is 13.6. The van der Waals surface area contributed by atoms with Crippen molar-refractivity contribution in [1.29, 1.82) is 0 Å². The third kappa shape index (κ3) is 8.28. The molecular weight excluding hydrogens is 405 g/mol. The van der Waals surface area contributed by atoms with Crippen LogP contribution in [-0.4, -0.2) is 20.8 Å². The number of amides is 1. The number of benzene rings is 2. The maximum atomic E-state index is 12.6. The molecule has 0 radical (unpaired) electrons. The Labute approximate surface area is 177 Å². The first kappa shape index (κ1) is 24.1. The molecule has 4 N–H and O–H groups in total. The van der Waals surface area contributed by atoms with Crippen LogP contribution in [0.15, 0.2) is 54.6 Å². The van der Waals surface area contributed by atoms with E-state index in [0.717, 1.165) is 32.1 Å². The number of unbranched alkanes of at least 4 members (excludes halogenated alkanes) is 4. The molecule has 2 rings (SSSR count). The van der Waals surface area contributed by atoms with E-state index in [1.54, 1.807) is 42.5 Å². The third-order valence-electron chi connectivity index (χ3n) is 4.73. The zero-order valence-corrected chi connectivity index (χ0v) is 18.0. The number of hydrogen-bond donors (Lipinski definition) is 4. The molecule has 0 fully saturated rings. The smallest absolute Gasteiger partial charge is 0.470 e. The van der Waals surface area contributed by atoms with Crippen LogP contribution in [-0.2, 0) is 13.9 Å². The minimum Gasteiger partial charge on any atom is -0.508 e. The van der Waals surface area contributed by atoms with Gasteiger partial charge in [0, 0.05) is 6.42 Å². The first-order chi connectivity index (χ1) is 14.3. The number of phosphoric acid groups is 1. The van der Waals surface area contributed by atoms with Crippen LogP contribution in [0, 0.1) is 0 Å². The first-order valence-electron chi connectivity index (χ1n) is 10.2. The zero-order valence-electron chi connectivity index (χ0n) is 17.1. The summed E-state index contributed by atoms with van der Waals surface area (Å²) in [7, 11) is -4.86. The highest BCUT2D eigenvalue weighted by Crippen LogP contribution is 2.47. The Morgan fingerprint density at radius 2 is 1.67 bits per heavy atom. The summed E-state index contributed by atoms with van der Waals surface area (Å²) in [6, 6.07) is 13.9. The molecule has 2 aromatic carbocycles. The Hall–Kier alpha value is -2.18. The Morgan fingerprint density at radius 3 is 2.30 bits per heavy atom. The molecular formula is C22H30NO6P. The molecule has 0 bridgehead atoms. The lowest BCUT2D eigenvalue weighted by molar-refractivity contribution is -0.122. The predicted octanol–water partition coefficient (Wildman–Crippen LogP) is 4.76. The molecule has 8 heteroatoms. The van der Waals surface area contributed by atoms with Gasteiger partial charge < -0.3 is 20.2 Å². The Kier molecular flexibility index (Phi) is 9.53. The van der Waals surface area contributed by atoms with Crippen molar-refractivity contribution < 1.29 is 28.8 Å². The van der Waals surface area contributed by atoms with E-state index in [0.29, 0.717) is 17.5 Å². The fourth-order valence-corrected chi connectivity index (χ4v) is 3.83. The van der Waals surface area contributed by atoms with Crippen molar-refractivity contribution in [2.45, 2.75) is 57.6 Å². The number of aromatic hydroxyl groups is 1.